The van der Waals surface area contributed by atoms with Crippen LogP contribution in [0.25, 0.3) is 11.2 Å². The van der Waals surface area contributed by atoms with Crippen molar-refractivity contribution in [2.75, 3.05) is 12.3 Å². The molecule has 0 aromatic carbocycles. The van der Waals surface area contributed by atoms with Crippen molar-refractivity contribution in [3.8, 4) is 0 Å². The Kier molecular flexibility index (Phi) is 4.22. The van der Waals surface area contributed by atoms with Crippen LogP contribution in [0.5, 0.6) is 0 Å². The summed E-state index contributed by atoms with van der Waals surface area (Å²) < 4.78 is 12.1. The molecule has 2 aromatic heterocycles. The van der Waals surface area contributed by atoms with Gasteiger partial charge in [-0.05, 0) is 0 Å². The summed E-state index contributed by atoms with van der Waals surface area (Å²) in [7, 11) is 0. The van der Waals surface area contributed by atoms with Crippen LogP contribution in [0.1, 0.15) is 19.6 Å². The molecule has 11 nitrogen and oxygen atoms in total. The predicted octanol–water partition coefficient (Wildman–Crippen LogP) is -1.73. The lowest BCUT2D eigenvalue weighted by atomic mass is 10.1. The van der Waals surface area contributed by atoms with E-state index in [1.54, 1.807) is 6.92 Å². The Labute approximate surface area is 135 Å². The van der Waals surface area contributed by atoms with Crippen LogP contribution in [-0.2, 0) is 14.3 Å². The van der Waals surface area contributed by atoms with Crippen LogP contribution in [0, 0.1) is 0 Å². The standard InChI is InChI=1S/C13H17N5O6/c1-2-6(20)24-9-8(21)5(3-19)23-12(9)18-4-15-7-10(18)16-13(14)17-11(7)22/h4-5,8-9,12,19,21H,2-3H2,1H3,(H3,14,16,17,22)/t5-,8-,9-,12-/m1/s1. The lowest BCUT2D eigenvalue weighted by Gasteiger charge is -2.21. The van der Waals surface area contributed by atoms with Gasteiger partial charge in [0, 0.05) is 6.42 Å². The van der Waals surface area contributed by atoms with Gasteiger partial charge in [0.05, 0.1) is 12.9 Å². The zero-order valence-corrected chi connectivity index (χ0v) is 12.7. The second kappa shape index (κ2) is 6.19. The van der Waals surface area contributed by atoms with Crippen molar-refractivity contribution in [2.24, 2.45) is 0 Å². The fourth-order valence-electron chi connectivity index (χ4n) is 2.58. The Balaban J connectivity index is 2.05. The fraction of sp³-hybridized carbons (Fsp3) is 0.538. The van der Waals surface area contributed by atoms with Gasteiger partial charge in [-0.15, -0.1) is 0 Å². The minimum Gasteiger partial charge on any atom is -0.455 e. The Hall–Kier alpha value is -2.50. The van der Waals surface area contributed by atoms with Crippen molar-refractivity contribution in [1.29, 1.82) is 0 Å². The van der Waals surface area contributed by atoms with Gasteiger partial charge in [-0.2, -0.15) is 4.98 Å². The molecule has 1 saturated heterocycles. The van der Waals surface area contributed by atoms with Crippen LogP contribution in [-0.4, -0.2) is 60.6 Å². The van der Waals surface area contributed by atoms with E-state index in [0.717, 1.165) is 0 Å². The van der Waals surface area contributed by atoms with E-state index in [0.29, 0.717) is 0 Å². The SMILES string of the molecule is CCC(=O)O[C@@H]1[C@H](O)[C@@H](CO)O[C@H]1n1cnc2c(=O)[nH]c(N)nc21. The zero-order chi connectivity index (χ0) is 17.4. The third kappa shape index (κ3) is 2.62. The molecule has 0 unspecified atom stereocenters. The minimum absolute atomic E-state index is 0.0234. The summed E-state index contributed by atoms with van der Waals surface area (Å²) in [6.07, 6.45) is -2.92. The van der Waals surface area contributed by atoms with Crippen molar-refractivity contribution in [1.82, 2.24) is 19.5 Å². The molecular formula is C13H17N5O6. The number of nitrogens with zero attached hydrogens (tertiary/aromatic N) is 3. The lowest BCUT2D eigenvalue weighted by molar-refractivity contribution is -0.158. The van der Waals surface area contributed by atoms with Gasteiger partial charge in [0.1, 0.15) is 12.2 Å². The van der Waals surface area contributed by atoms with E-state index in [2.05, 4.69) is 15.0 Å². The monoisotopic (exact) mass is 339 g/mol. The van der Waals surface area contributed by atoms with E-state index >= 15 is 0 Å². The Morgan fingerprint density at radius 2 is 2.33 bits per heavy atom. The van der Waals surface area contributed by atoms with Gasteiger partial charge in [-0.1, -0.05) is 6.92 Å². The van der Waals surface area contributed by atoms with Crippen molar-refractivity contribution >= 4 is 23.1 Å². The number of aromatic nitrogens is 4. The van der Waals surface area contributed by atoms with Crippen LogP contribution < -0.4 is 11.3 Å². The number of aliphatic hydroxyl groups is 2. The van der Waals surface area contributed by atoms with E-state index in [9.17, 15) is 19.8 Å². The van der Waals surface area contributed by atoms with Gasteiger partial charge in [0.15, 0.2) is 23.5 Å². The number of aromatic amines is 1. The van der Waals surface area contributed by atoms with Gasteiger partial charge in [0.25, 0.3) is 5.56 Å². The number of H-pyrrole nitrogens is 1. The van der Waals surface area contributed by atoms with Crippen molar-refractivity contribution in [2.45, 2.75) is 37.9 Å². The quantitative estimate of drug-likeness (QED) is 0.474. The molecule has 1 aliphatic rings. The average Bonchev–Trinajstić information content (AvgIpc) is 3.09. The molecule has 11 heteroatoms. The summed E-state index contributed by atoms with van der Waals surface area (Å²) in [5, 5.41) is 19.6. The van der Waals surface area contributed by atoms with Crippen molar-refractivity contribution in [3.63, 3.8) is 0 Å². The number of hydrogen-bond donors (Lipinski definition) is 4. The fourth-order valence-corrected chi connectivity index (χ4v) is 2.58. The molecule has 2 aromatic rings. The van der Waals surface area contributed by atoms with E-state index < -0.39 is 42.7 Å². The highest BCUT2D eigenvalue weighted by atomic mass is 16.6. The van der Waals surface area contributed by atoms with Crippen molar-refractivity contribution in [3.05, 3.63) is 16.7 Å². The number of fused-ring (bicyclic) bond motifs is 1. The molecule has 1 aliphatic heterocycles. The van der Waals surface area contributed by atoms with Crippen molar-refractivity contribution < 1.29 is 24.5 Å². The summed E-state index contributed by atoms with van der Waals surface area (Å²) in [5.74, 6) is -0.658. The maximum atomic E-state index is 11.9. The number of imidazole rings is 1. The van der Waals surface area contributed by atoms with E-state index in [4.69, 9.17) is 15.2 Å². The molecule has 0 bridgehead atoms. The summed E-state index contributed by atoms with van der Waals surface area (Å²) >= 11 is 0. The number of anilines is 1. The largest absolute Gasteiger partial charge is 0.455 e. The van der Waals surface area contributed by atoms with Gasteiger partial charge in [-0.25, -0.2) is 4.98 Å². The molecule has 3 rings (SSSR count). The van der Waals surface area contributed by atoms with Crippen LogP contribution in [0.3, 0.4) is 0 Å². The molecule has 4 atom stereocenters. The van der Waals surface area contributed by atoms with Gasteiger partial charge in [0.2, 0.25) is 5.95 Å². The summed E-state index contributed by atoms with van der Waals surface area (Å²) in [5.41, 5.74) is 5.15. The van der Waals surface area contributed by atoms with E-state index in [1.807, 2.05) is 0 Å². The maximum Gasteiger partial charge on any atom is 0.306 e. The minimum atomic E-state index is -1.24. The highest BCUT2D eigenvalue weighted by Gasteiger charge is 2.47. The molecule has 24 heavy (non-hydrogen) atoms. The van der Waals surface area contributed by atoms with Crippen LogP contribution in [0.4, 0.5) is 5.95 Å². The zero-order valence-electron chi connectivity index (χ0n) is 12.7. The van der Waals surface area contributed by atoms with E-state index in [1.165, 1.54) is 10.9 Å². The van der Waals surface area contributed by atoms with Gasteiger partial charge in [-0.3, -0.25) is 19.1 Å². The number of nitrogens with one attached hydrogen (secondary N) is 1. The van der Waals surface area contributed by atoms with Crippen LogP contribution >= 0.6 is 0 Å². The molecule has 0 saturated carbocycles. The number of ether oxygens (including phenoxy) is 2. The molecule has 1 fully saturated rings. The number of nitrogen functional groups attached to an aromatic ring is 1. The second-order valence-corrected chi connectivity index (χ2v) is 5.32. The number of carbonyl (C=O) groups excluding carboxylic acids is 1. The first-order valence-corrected chi connectivity index (χ1v) is 7.32. The first kappa shape index (κ1) is 16.4. The van der Waals surface area contributed by atoms with Crippen LogP contribution in [0.2, 0.25) is 0 Å². The molecule has 5 N–H and O–H groups in total. The Morgan fingerprint density at radius 3 is 3.00 bits per heavy atom. The smallest absolute Gasteiger partial charge is 0.306 e. The average molecular weight is 339 g/mol. The molecule has 0 aliphatic carbocycles. The molecule has 0 spiro atoms. The van der Waals surface area contributed by atoms with Gasteiger partial charge < -0.3 is 25.4 Å². The third-order valence-corrected chi connectivity index (χ3v) is 3.77. The number of esters is 1. The normalized spacial score (nSPS) is 26.8. The summed E-state index contributed by atoms with van der Waals surface area (Å²) in [6.45, 7) is 1.14. The number of hydrogen-bond acceptors (Lipinski definition) is 9. The second-order valence-electron chi connectivity index (χ2n) is 5.32. The highest BCUT2D eigenvalue weighted by Crippen LogP contribution is 2.33. The maximum absolute atomic E-state index is 11.9. The van der Waals surface area contributed by atoms with E-state index in [-0.39, 0.29) is 23.5 Å². The first-order chi connectivity index (χ1) is 11.5. The molecular weight excluding hydrogens is 322 g/mol. The van der Waals surface area contributed by atoms with Crippen LogP contribution in [0.15, 0.2) is 11.1 Å². The number of nitrogens with two attached hydrogens (primary N) is 1. The third-order valence-electron chi connectivity index (χ3n) is 3.77. The Morgan fingerprint density at radius 1 is 1.58 bits per heavy atom. The number of rotatable bonds is 4. The number of carbonyl (C=O) groups is 1. The highest BCUT2D eigenvalue weighted by molar-refractivity contribution is 5.71. The van der Waals surface area contributed by atoms with Gasteiger partial charge >= 0.3 is 5.97 Å². The summed E-state index contributed by atoms with van der Waals surface area (Å²) in [6, 6.07) is 0. The Bertz CT molecular complexity index is 817. The molecule has 0 radical (unpaired) electrons. The molecule has 130 valence electrons. The number of aliphatic hydroxyl groups excluding tert-OH is 2. The topological polar surface area (TPSA) is 166 Å². The molecule has 3 heterocycles. The summed E-state index contributed by atoms with van der Waals surface area (Å²) in [4.78, 5) is 33.8. The first-order valence-electron chi connectivity index (χ1n) is 7.32. The predicted molar refractivity (Wildman–Crippen MR) is 79.7 cm³/mol. The lowest BCUT2D eigenvalue weighted by Crippen LogP contribution is -2.36. The molecule has 0 amide bonds.